The van der Waals surface area contributed by atoms with E-state index in [1.165, 1.54) is 11.3 Å². The Bertz CT molecular complexity index is 401. The van der Waals surface area contributed by atoms with Crippen molar-refractivity contribution in [3.05, 3.63) is 11.1 Å². The molecule has 1 saturated carbocycles. The van der Waals surface area contributed by atoms with Crippen molar-refractivity contribution in [2.24, 2.45) is 5.92 Å². The van der Waals surface area contributed by atoms with Gasteiger partial charge in [-0.3, -0.25) is 4.79 Å². The molecule has 4 N–H and O–H groups in total. The van der Waals surface area contributed by atoms with Crippen LogP contribution < -0.4 is 11.1 Å². The molecule has 1 fully saturated rings. The average Bonchev–Trinajstić information content (AvgIpc) is 2.68. The lowest BCUT2D eigenvalue weighted by molar-refractivity contribution is 0.0232. The number of hydrogen-bond donors (Lipinski definition) is 3. The summed E-state index contributed by atoms with van der Waals surface area (Å²) in [5.41, 5.74) is 5.87. The molecule has 1 aliphatic carbocycles. The smallest absolute Gasteiger partial charge is 0.271 e. The van der Waals surface area contributed by atoms with E-state index in [0.717, 1.165) is 19.3 Å². The van der Waals surface area contributed by atoms with Crippen molar-refractivity contribution in [1.29, 1.82) is 0 Å². The Hall–Kier alpha value is -1.14. The third kappa shape index (κ3) is 2.76. The fraction of sp³-hybridized carbons (Fsp3) is 0.636. The lowest BCUT2D eigenvalue weighted by Crippen LogP contribution is -2.46. The minimum atomic E-state index is -0.194. The second-order valence-electron chi connectivity index (χ2n) is 4.44. The number of anilines is 1. The summed E-state index contributed by atoms with van der Waals surface area (Å²) in [6.07, 6.45) is 2.22. The second kappa shape index (κ2) is 5.01. The molecule has 0 radical (unpaired) electrons. The van der Waals surface area contributed by atoms with Crippen LogP contribution in [0.25, 0.3) is 0 Å². The summed E-state index contributed by atoms with van der Waals surface area (Å²) in [7, 11) is 0. The molecule has 1 aromatic heterocycles. The number of thiazole rings is 1. The number of amides is 1. The van der Waals surface area contributed by atoms with E-state index in [-0.39, 0.29) is 18.1 Å². The number of nitrogens with zero attached hydrogens (tertiary/aromatic N) is 1. The highest BCUT2D eigenvalue weighted by Crippen LogP contribution is 2.31. The zero-order valence-corrected chi connectivity index (χ0v) is 10.5. The van der Waals surface area contributed by atoms with Crippen molar-refractivity contribution in [2.75, 3.05) is 5.73 Å². The Morgan fingerprint density at radius 1 is 1.76 bits per heavy atom. The molecule has 0 spiro atoms. The SMILES string of the molecule is CC[C@H](NC(=O)c1csc(N)n1)C1CC(O)C1. The maximum atomic E-state index is 11.9. The zero-order chi connectivity index (χ0) is 12.4. The molecule has 1 atom stereocenters. The predicted molar refractivity (Wildman–Crippen MR) is 66.8 cm³/mol. The molecule has 2 rings (SSSR count). The Kier molecular flexibility index (Phi) is 3.63. The number of carbonyl (C=O) groups excluding carboxylic acids is 1. The largest absolute Gasteiger partial charge is 0.393 e. The van der Waals surface area contributed by atoms with Crippen molar-refractivity contribution in [3.8, 4) is 0 Å². The molecule has 0 saturated heterocycles. The fourth-order valence-electron chi connectivity index (χ4n) is 2.15. The fourth-order valence-corrected chi connectivity index (χ4v) is 2.69. The van der Waals surface area contributed by atoms with Crippen molar-refractivity contribution in [2.45, 2.75) is 38.3 Å². The maximum absolute atomic E-state index is 11.9. The molecule has 1 aliphatic rings. The van der Waals surface area contributed by atoms with Crippen LogP contribution in [0.1, 0.15) is 36.7 Å². The zero-order valence-electron chi connectivity index (χ0n) is 9.72. The van der Waals surface area contributed by atoms with E-state index >= 15 is 0 Å². The normalized spacial score (nSPS) is 25.1. The summed E-state index contributed by atoms with van der Waals surface area (Å²) in [5.74, 6) is 0.209. The quantitative estimate of drug-likeness (QED) is 0.749. The number of aliphatic hydroxyl groups is 1. The van der Waals surface area contributed by atoms with Crippen LogP contribution in [0.2, 0.25) is 0 Å². The Labute approximate surface area is 104 Å². The third-order valence-corrected chi connectivity index (χ3v) is 3.90. The number of nitrogens with one attached hydrogen (secondary N) is 1. The van der Waals surface area contributed by atoms with Crippen molar-refractivity contribution in [3.63, 3.8) is 0 Å². The molecule has 0 bridgehead atoms. The van der Waals surface area contributed by atoms with Crippen LogP contribution in [-0.4, -0.2) is 28.1 Å². The van der Waals surface area contributed by atoms with Crippen LogP contribution in [0.15, 0.2) is 5.38 Å². The lowest BCUT2D eigenvalue weighted by Gasteiger charge is -2.37. The monoisotopic (exact) mass is 255 g/mol. The summed E-state index contributed by atoms with van der Waals surface area (Å²) in [6.45, 7) is 2.03. The van der Waals surface area contributed by atoms with Gasteiger partial charge in [0.25, 0.3) is 5.91 Å². The minimum Gasteiger partial charge on any atom is -0.393 e. The van der Waals surface area contributed by atoms with E-state index in [4.69, 9.17) is 5.73 Å². The summed E-state index contributed by atoms with van der Waals surface area (Å²) >= 11 is 1.26. The van der Waals surface area contributed by atoms with E-state index in [1.807, 2.05) is 6.92 Å². The van der Waals surface area contributed by atoms with E-state index in [2.05, 4.69) is 10.3 Å². The van der Waals surface area contributed by atoms with Gasteiger partial charge in [0.2, 0.25) is 0 Å². The van der Waals surface area contributed by atoms with Gasteiger partial charge < -0.3 is 16.2 Å². The van der Waals surface area contributed by atoms with Crippen molar-refractivity contribution < 1.29 is 9.90 Å². The Balaban J connectivity index is 1.92. The van der Waals surface area contributed by atoms with Gasteiger partial charge in [-0.05, 0) is 25.2 Å². The van der Waals surface area contributed by atoms with Crippen LogP contribution in [-0.2, 0) is 0 Å². The van der Waals surface area contributed by atoms with Crippen LogP contribution in [0.5, 0.6) is 0 Å². The van der Waals surface area contributed by atoms with Gasteiger partial charge in [0, 0.05) is 11.4 Å². The standard InChI is InChI=1S/C11H17N3O2S/c1-2-8(6-3-7(15)4-6)13-10(16)9-5-17-11(12)14-9/h5-8,15H,2-4H2,1H3,(H2,12,14)(H,13,16)/t6?,7?,8-/m0/s1. The molecular formula is C11H17N3O2S. The van der Waals surface area contributed by atoms with Gasteiger partial charge in [0.05, 0.1) is 6.10 Å². The molecule has 0 aromatic carbocycles. The number of nitrogens with two attached hydrogens (primary N) is 1. The molecule has 0 aliphatic heterocycles. The number of aromatic nitrogens is 1. The van der Waals surface area contributed by atoms with Gasteiger partial charge in [-0.15, -0.1) is 11.3 Å². The van der Waals surface area contributed by atoms with Crippen LogP contribution in [0.3, 0.4) is 0 Å². The van der Waals surface area contributed by atoms with Crippen LogP contribution in [0.4, 0.5) is 5.13 Å². The minimum absolute atomic E-state index is 0.119. The molecular weight excluding hydrogens is 238 g/mol. The van der Waals surface area contributed by atoms with E-state index in [0.29, 0.717) is 16.7 Å². The number of rotatable bonds is 4. The molecule has 94 valence electrons. The first-order chi connectivity index (χ1) is 8.10. The second-order valence-corrected chi connectivity index (χ2v) is 5.33. The summed E-state index contributed by atoms with van der Waals surface area (Å²) in [4.78, 5) is 15.8. The topological polar surface area (TPSA) is 88.2 Å². The molecule has 1 amide bonds. The van der Waals surface area contributed by atoms with Crippen molar-refractivity contribution >= 4 is 22.4 Å². The van der Waals surface area contributed by atoms with Gasteiger partial charge in [0.15, 0.2) is 5.13 Å². The van der Waals surface area contributed by atoms with E-state index in [9.17, 15) is 9.90 Å². The molecule has 17 heavy (non-hydrogen) atoms. The molecule has 5 nitrogen and oxygen atoms in total. The molecule has 6 heteroatoms. The summed E-state index contributed by atoms with van der Waals surface area (Å²) in [6, 6.07) is 0.119. The first-order valence-electron chi connectivity index (χ1n) is 5.80. The number of carbonyl (C=O) groups is 1. The predicted octanol–water partition coefficient (Wildman–Crippen LogP) is 1.00. The van der Waals surface area contributed by atoms with E-state index < -0.39 is 0 Å². The Morgan fingerprint density at radius 3 is 2.94 bits per heavy atom. The number of nitrogen functional groups attached to an aromatic ring is 1. The Morgan fingerprint density at radius 2 is 2.47 bits per heavy atom. The summed E-state index contributed by atoms with van der Waals surface area (Å²) < 4.78 is 0. The highest BCUT2D eigenvalue weighted by atomic mass is 32.1. The van der Waals surface area contributed by atoms with Crippen LogP contribution >= 0.6 is 11.3 Å². The van der Waals surface area contributed by atoms with Gasteiger partial charge in [-0.25, -0.2) is 4.98 Å². The third-order valence-electron chi connectivity index (χ3n) is 3.23. The van der Waals surface area contributed by atoms with Crippen LogP contribution in [0, 0.1) is 5.92 Å². The van der Waals surface area contributed by atoms with Gasteiger partial charge in [-0.2, -0.15) is 0 Å². The average molecular weight is 255 g/mol. The molecule has 1 aromatic rings. The molecule has 1 heterocycles. The lowest BCUT2D eigenvalue weighted by atomic mass is 9.76. The van der Waals surface area contributed by atoms with Crippen molar-refractivity contribution in [1.82, 2.24) is 10.3 Å². The van der Waals surface area contributed by atoms with Gasteiger partial charge >= 0.3 is 0 Å². The highest BCUT2D eigenvalue weighted by molar-refractivity contribution is 7.13. The number of aliphatic hydroxyl groups excluding tert-OH is 1. The highest BCUT2D eigenvalue weighted by Gasteiger charge is 2.34. The molecule has 0 unspecified atom stereocenters. The van der Waals surface area contributed by atoms with Gasteiger partial charge in [0.1, 0.15) is 5.69 Å². The maximum Gasteiger partial charge on any atom is 0.271 e. The number of hydrogen-bond acceptors (Lipinski definition) is 5. The first-order valence-corrected chi connectivity index (χ1v) is 6.68. The summed E-state index contributed by atoms with van der Waals surface area (Å²) in [5, 5.41) is 14.3. The first kappa shape index (κ1) is 12.3. The van der Waals surface area contributed by atoms with Gasteiger partial charge in [-0.1, -0.05) is 6.92 Å². The van der Waals surface area contributed by atoms with E-state index in [1.54, 1.807) is 5.38 Å².